The van der Waals surface area contributed by atoms with E-state index in [0.29, 0.717) is 23.1 Å². The van der Waals surface area contributed by atoms with Gasteiger partial charge in [0.1, 0.15) is 0 Å². The third-order valence-electron chi connectivity index (χ3n) is 5.64. The SMILES string of the molecule is CCCCN(CC(c1ccc(Cl)cc1)c1ccc(Cl)cc1)C(=O)Nc1ccc(C)cc1C. The standard InChI is InChI=1S/C27H30Cl2N2O/c1-4-5-16-31(27(32)30-26-15-6-19(2)17-20(26)3)18-25(21-7-11-23(28)12-8-21)22-9-13-24(29)14-10-22/h6-15,17,25H,4-5,16,18H2,1-3H3,(H,30,32). The highest BCUT2D eigenvalue weighted by atomic mass is 35.5. The normalized spacial score (nSPS) is 10.9. The predicted octanol–water partition coefficient (Wildman–Crippen LogP) is 8.08. The molecule has 0 aliphatic rings. The van der Waals surface area contributed by atoms with Gasteiger partial charge in [-0.05, 0) is 67.3 Å². The lowest BCUT2D eigenvalue weighted by Crippen LogP contribution is -2.39. The Morgan fingerprint density at radius 3 is 1.97 bits per heavy atom. The highest BCUT2D eigenvalue weighted by molar-refractivity contribution is 6.30. The molecule has 3 rings (SSSR count). The van der Waals surface area contributed by atoms with Gasteiger partial charge in [0, 0.05) is 34.7 Å². The maximum Gasteiger partial charge on any atom is 0.321 e. The minimum absolute atomic E-state index is 0.00579. The van der Waals surface area contributed by atoms with Crippen LogP contribution >= 0.6 is 23.2 Å². The van der Waals surface area contributed by atoms with Crippen molar-refractivity contribution >= 4 is 34.9 Å². The van der Waals surface area contributed by atoms with Crippen LogP contribution in [0.3, 0.4) is 0 Å². The van der Waals surface area contributed by atoms with E-state index in [1.807, 2.05) is 72.5 Å². The Bertz CT molecular complexity index is 987. The second-order valence-electron chi connectivity index (χ2n) is 8.20. The van der Waals surface area contributed by atoms with E-state index in [2.05, 4.69) is 25.2 Å². The van der Waals surface area contributed by atoms with Gasteiger partial charge >= 0.3 is 6.03 Å². The lowest BCUT2D eigenvalue weighted by Gasteiger charge is -2.29. The Labute approximate surface area is 201 Å². The summed E-state index contributed by atoms with van der Waals surface area (Å²) in [6.45, 7) is 7.44. The molecule has 3 nitrogen and oxygen atoms in total. The average molecular weight is 469 g/mol. The number of rotatable bonds is 8. The zero-order chi connectivity index (χ0) is 23.1. The molecule has 5 heteroatoms. The summed E-state index contributed by atoms with van der Waals surface area (Å²) in [5.41, 5.74) is 5.29. The molecule has 1 N–H and O–H groups in total. The van der Waals surface area contributed by atoms with Crippen LogP contribution in [-0.2, 0) is 0 Å². The summed E-state index contributed by atoms with van der Waals surface area (Å²) < 4.78 is 0. The number of carbonyl (C=O) groups excluding carboxylic acids is 1. The van der Waals surface area contributed by atoms with E-state index in [-0.39, 0.29) is 11.9 Å². The van der Waals surface area contributed by atoms with Crippen LogP contribution in [0.1, 0.15) is 47.9 Å². The monoisotopic (exact) mass is 468 g/mol. The molecular weight excluding hydrogens is 439 g/mol. The molecule has 0 aliphatic heterocycles. The molecule has 0 saturated heterocycles. The summed E-state index contributed by atoms with van der Waals surface area (Å²) in [5.74, 6) is 0.00579. The number of nitrogens with zero attached hydrogens (tertiary/aromatic N) is 1. The van der Waals surface area contributed by atoms with E-state index < -0.39 is 0 Å². The fourth-order valence-corrected chi connectivity index (χ4v) is 4.04. The molecular formula is C27H30Cl2N2O. The fraction of sp³-hybridized carbons (Fsp3) is 0.296. The molecule has 168 valence electrons. The van der Waals surface area contributed by atoms with Crippen molar-refractivity contribution in [3.05, 3.63) is 99.0 Å². The van der Waals surface area contributed by atoms with E-state index in [0.717, 1.165) is 35.2 Å². The zero-order valence-corrected chi connectivity index (χ0v) is 20.4. The van der Waals surface area contributed by atoms with E-state index >= 15 is 0 Å². The van der Waals surface area contributed by atoms with E-state index in [9.17, 15) is 4.79 Å². The number of halogens is 2. The molecule has 0 aromatic heterocycles. The largest absolute Gasteiger partial charge is 0.324 e. The molecule has 0 unspecified atom stereocenters. The van der Waals surface area contributed by atoms with Crippen LogP contribution in [0.4, 0.5) is 10.5 Å². The Hall–Kier alpha value is -2.49. The molecule has 0 radical (unpaired) electrons. The molecule has 2 amide bonds. The second-order valence-corrected chi connectivity index (χ2v) is 9.08. The molecule has 3 aromatic rings. The molecule has 0 bridgehead atoms. The van der Waals surface area contributed by atoms with Crippen LogP contribution in [0.15, 0.2) is 66.7 Å². The number of carbonyl (C=O) groups is 1. The summed E-state index contributed by atoms with van der Waals surface area (Å²) in [7, 11) is 0. The van der Waals surface area contributed by atoms with Crippen molar-refractivity contribution in [2.75, 3.05) is 18.4 Å². The summed E-state index contributed by atoms with van der Waals surface area (Å²) >= 11 is 12.3. The van der Waals surface area contributed by atoms with Crippen molar-refractivity contribution in [2.45, 2.75) is 39.5 Å². The summed E-state index contributed by atoms with van der Waals surface area (Å²) in [6.07, 6.45) is 1.95. The van der Waals surface area contributed by atoms with Crippen LogP contribution in [0.25, 0.3) is 0 Å². The first kappa shape index (κ1) is 24.2. The molecule has 0 saturated carbocycles. The number of nitrogens with one attached hydrogen (secondary N) is 1. The summed E-state index contributed by atoms with van der Waals surface area (Å²) in [6, 6.07) is 21.7. The Morgan fingerprint density at radius 1 is 0.906 bits per heavy atom. The predicted molar refractivity (Wildman–Crippen MR) is 136 cm³/mol. The number of hydrogen-bond acceptors (Lipinski definition) is 1. The number of unbranched alkanes of at least 4 members (excludes halogenated alkanes) is 1. The van der Waals surface area contributed by atoms with Crippen molar-refractivity contribution < 1.29 is 4.79 Å². The van der Waals surface area contributed by atoms with Crippen LogP contribution in [0.5, 0.6) is 0 Å². The molecule has 0 aliphatic carbocycles. The van der Waals surface area contributed by atoms with Gasteiger partial charge in [0.15, 0.2) is 0 Å². The number of amides is 2. The third kappa shape index (κ3) is 6.51. The third-order valence-corrected chi connectivity index (χ3v) is 6.14. The molecule has 0 spiro atoms. The van der Waals surface area contributed by atoms with Gasteiger partial charge in [0.2, 0.25) is 0 Å². The average Bonchev–Trinajstić information content (AvgIpc) is 2.77. The first-order valence-corrected chi connectivity index (χ1v) is 11.8. The van der Waals surface area contributed by atoms with Crippen molar-refractivity contribution in [2.24, 2.45) is 0 Å². The summed E-state index contributed by atoms with van der Waals surface area (Å²) in [4.78, 5) is 15.2. The Kier molecular flexibility index (Phi) is 8.60. The van der Waals surface area contributed by atoms with E-state index in [1.165, 1.54) is 5.56 Å². The minimum atomic E-state index is -0.0849. The van der Waals surface area contributed by atoms with Gasteiger partial charge in [-0.3, -0.25) is 0 Å². The maximum atomic E-state index is 13.3. The van der Waals surface area contributed by atoms with Gasteiger partial charge in [0.25, 0.3) is 0 Å². The van der Waals surface area contributed by atoms with Crippen LogP contribution < -0.4 is 5.32 Å². The molecule has 0 fully saturated rings. The number of urea groups is 1. The molecule has 32 heavy (non-hydrogen) atoms. The highest BCUT2D eigenvalue weighted by Crippen LogP contribution is 2.29. The first-order chi connectivity index (χ1) is 15.4. The fourth-order valence-electron chi connectivity index (χ4n) is 3.79. The van der Waals surface area contributed by atoms with E-state index in [4.69, 9.17) is 23.2 Å². The smallest absolute Gasteiger partial charge is 0.321 e. The van der Waals surface area contributed by atoms with Crippen LogP contribution in [-0.4, -0.2) is 24.0 Å². The number of aryl methyl sites for hydroxylation is 2. The Morgan fingerprint density at radius 2 is 1.47 bits per heavy atom. The van der Waals surface area contributed by atoms with Gasteiger partial charge in [-0.1, -0.05) is 78.5 Å². The second kappa shape index (κ2) is 11.4. The van der Waals surface area contributed by atoms with Gasteiger partial charge < -0.3 is 10.2 Å². The lowest BCUT2D eigenvalue weighted by atomic mass is 9.90. The van der Waals surface area contributed by atoms with Crippen molar-refractivity contribution in [1.29, 1.82) is 0 Å². The van der Waals surface area contributed by atoms with Crippen molar-refractivity contribution in [1.82, 2.24) is 4.90 Å². The topological polar surface area (TPSA) is 32.3 Å². The first-order valence-electron chi connectivity index (χ1n) is 11.0. The molecule has 0 heterocycles. The lowest BCUT2D eigenvalue weighted by molar-refractivity contribution is 0.209. The van der Waals surface area contributed by atoms with Gasteiger partial charge in [-0.2, -0.15) is 0 Å². The number of benzene rings is 3. The quantitative estimate of drug-likeness (QED) is 0.355. The highest BCUT2D eigenvalue weighted by Gasteiger charge is 2.22. The number of anilines is 1. The van der Waals surface area contributed by atoms with Gasteiger partial charge in [0.05, 0.1) is 0 Å². The number of hydrogen-bond donors (Lipinski definition) is 1. The van der Waals surface area contributed by atoms with Crippen LogP contribution in [0, 0.1) is 13.8 Å². The minimum Gasteiger partial charge on any atom is -0.324 e. The molecule has 0 atom stereocenters. The summed E-state index contributed by atoms with van der Waals surface area (Å²) in [5, 5.41) is 4.50. The maximum absolute atomic E-state index is 13.3. The Balaban J connectivity index is 1.89. The van der Waals surface area contributed by atoms with Crippen LogP contribution in [0.2, 0.25) is 10.0 Å². The zero-order valence-electron chi connectivity index (χ0n) is 18.9. The van der Waals surface area contributed by atoms with Gasteiger partial charge in [-0.15, -0.1) is 0 Å². The van der Waals surface area contributed by atoms with Crippen molar-refractivity contribution in [3.63, 3.8) is 0 Å². The molecule has 3 aromatic carbocycles. The van der Waals surface area contributed by atoms with Gasteiger partial charge in [-0.25, -0.2) is 4.79 Å². The van der Waals surface area contributed by atoms with E-state index in [1.54, 1.807) is 0 Å². The van der Waals surface area contributed by atoms with Crippen molar-refractivity contribution in [3.8, 4) is 0 Å².